The van der Waals surface area contributed by atoms with Crippen LogP contribution in [0.1, 0.15) is 23.7 Å². The van der Waals surface area contributed by atoms with Crippen molar-refractivity contribution in [1.29, 1.82) is 0 Å². The Balaban J connectivity index is 1.84. The van der Waals surface area contributed by atoms with Crippen LogP contribution in [0.15, 0.2) is 37.1 Å². The van der Waals surface area contributed by atoms with Crippen LogP contribution in [0.25, 0.3) is 0 Å². The van der Waals surface area contributed by atoms with E-state index in [2.05, 4.69) is 26.3 Å². The summed E-state index contributed by atoms with van der Waals surface area (Å²) in [5.41, 5.74) is 3.45. The molecule has 1 atom stereocenters. The van der Waals surface area contributed by atoms with Crippen LogP contribution in [0.5, 0.6) is 0 Å². The molecule has 2 aromatic rings. The first-order chi connectivity index (χ1) is 7.93. The molecule has 1 N–H and O–H groups in total. The number of fused-ring (bicyclic) bond motifs is 1. The molecule has 0 aromatic carbocycles. The van der Waals surface area contributed by atoms with Gasteiger partial charge in [-0.25, -0.2) is 9.97 Å². The fourth-order valence-electron chi connectivity index (χ4n) is 2.13. The van der Waals surface area contributed by atoms with E-state index in [0.717, 1.165) is 24.2 Å². The van der Waals surface area contributed by atoms with Crippen molar-refractivity contribution in [2.24, 2.45) is 0 Å². The van der Waals surface area contributed by atoms with Crippen molar-refractivity contribution in [3.05, 3.63) is 48.3 Å². The van der Waals surface area contributed by atoms with Crippen LogP contribution in [0.2, 0.25) is 0 Å². The van der Waals surface area contributed by atoms with E-state index < -0.39 is 0 Å². The number of hydrogen-bond donors (Lipinski definition) is 1. The molecule has 3 rings (SSSR count). The molecule has 0 radical (unpaired) electrons. The third-order valence-corrected chi connectivity index (χ3v) is 2.86. The van der Waals surface area contributed by atoms with Crippen LogP contribution >= 0.6 is 0 Å². The summed E-state index contributed by atoms with van der Waals surface area (Å²) in [5, 5.41) is 3.41. The Hall–Kier alpha value is -1.97. The highest BCUT2D eigenvalue weighted by Crippen LogP contribution is 2.31. The number of aryl methyl sites for hydroxylation is 1. The van der Waals surface area contributed by atoms with Crippen LogP contribution in [-0.4, -0.2) is 15.0 Å². The Bertz CT molecular complexity index is 483. The molecular weight excluding hydrogens is 200 g/mol. The molecule has 0 aliphatic heterocycles. The van der Waals surface area contributed by atoms with Gasteiger partial charge in [-0.2, -0.15) is 0 Å². The Morgan fingerprint density at radius 3 is 3.00 bits per heavy atom. The highest BCUT2D eigenvalue weighted by Gasteiger charge is 2.23. The van der Waals surface area contributed by atoms with Crippen LogP contribution in [0.3, 0.4) is 0 Å². The van der Waals surface area contributed by atoms with Crippen LogP contribution in [-0.2, 0) is 6.42 Å². The molecule has 4 heteroatoms. The topological polar surface area (TPSA) is 50.7 Å². The Morgan fingerprint density at radius 2 is 2.12 bits per heavy atom. The van der Waals surface area contributed by atoms with Crippen molar-refractivity contribution in [2.75, 3.05) is 5.32 Å². The molecule has 80 valence electrons. The highest BCUT2D eigenvalue weighted by molar-refractivity contribution is 5.42. The predicted molar refractivity (Wildman–Crippen MR) is 61.0 cm³/mol. The molecule has 1 aliphatic carbocycles. The number of rotatable bonds is 2. The summed E-state index contributed by atoms with van der Waals surface area (Å²) in [6.07, 6.45) is 9.13. The van der Waals surface area contributed by atoms with Gasteiger partial charge in [0.05, 0.1) is 29.8 Å². The molecular formula is C12H12N4. The average molecular weight is 212 g/mol. The minimum atomic E-state index is 0.294. The van der Waals surface area contributed by atoms with Crippen LogP contribution in [0.4, 0.5) is 5.69 Å². The zero-order valence-electron chi connectivity index (χ0n) is 8.80. The summed E-state index contributed by atoms with van der Waals surface area (Å²) in [6.45, 7) is 0. The standard InChI is InChI=1S/C12H12N4/c1-2-9-3-4-11(12(9)15-5-1)16-10-6-13-8-14-7-10/h1-2,5-8,11,16H,3-4H2. The average Bonchev–Trinajstić information content (AvgIpc) is 2.74. The molecule has 0 amide bonds. The number of aromatic nitrogens is 3. The van der Waals surface area contributed by atoms with Crippen molar-refractivity contribution in [2.45, 2.75) is 18.9 Å². The van der Waals surface area contributed by atoms with Crippen LogP contribution < -0.4 is 5.32 Å². The smallest absolute Gasteiger partial charge is 0.115 e. The lowest BCUT2D eigenvalue weighted by Gasteiger charge is -2.13. The Labute approximate surface area is 93.8 Å². The fraction of sp³-hybridized carbons (Fsp3) is 0.250. The molecule has 2 heterocycles. The molecule has 4 nitrogen and oxygen atoms in total. The summed E-state index contributed by atoms with van der Waals surface area (Å²) >= 11 is 0. The second-order valence-corrected chi connectivity index (χ2v) is 3.91. The van der Waals surface area contributed by atoms with Gasteiger partial charge < -0.3 is 5.32 Å². The number of hydrogen-bond acceptors (Lipinski definition) is 4. The molecule has 1 unspecified atom stereocenters. The first-order valence-corrected chi connectivity index (χ1v) is 5.39. The van der Waals surface area contributed by atoms with Gasteiger partial charge in [0.15, 0.2) is 0 Å². The van der Waals surface area contributed by atoms with E-state index in [4.69, 9.17) is 0 Å². The minimum Gasteiger partial charge on any atom is -0.374 e. The summed E-state index contributed by atoms with van der Waals surface area (Å²) in [6, 6.07) is 4.43. The first-order valence-electron chi connectivity index (χ1n) is 5.39. The Morgan fingerprint density at radius 1 is 1.25 bits per heavy atom. The maximum absolute atomic E-state index is 4.43. The maximum Gasteiger partial charge on any atom is 0.115 e. The molecule has 2 aromatic heterocycles. The van der Waals surface area contributed by atoms with Gasteiger partial charge in [-0.3, -0.25) is 4.98 Å². The molecule has 0 saturated carbocycles. The largest absolute Gasteiger partial charge is 0.374 e. The summed E-state index contributed by atoms with van der Waals surface area (Å²) in [7, 11) is 0. The minimum absolute atomic E-state index is 0.294. The Kier molecular flexibility index (Phi) is 2.25. The lowest BCUT2D eigenvalue weighted by atomic mass is 10.2. The quantitative estimate of drug-likeness (QED) is 0.826. The van der Waals surface area contributed by atoms with E-state index in [1.54, 1.807) is 12.4 Å². The van der Waals surface area contributed by atoms with Crippen molar-refractivity contribution in [3.8, 4) is 0 Å². The van der Waals surface area contributed by atoms with E-state index in [1.807, 2.05) is 12.3 Å². The molecule has 0 bridgehead atoms. The normalized spacial score (nSPS) is 18.1. The number of nitrogens with zero attached hydrogens (tertiary/aromatic N) is 3. The van der Waals surface area contributed by atoms with Crippen molar-refractivity contribution in [1.82, 2.24) is 15.0 Å². The molecule has 16 heavy (non-hydrogen) atoms. The van der Waals surface area contributed by atoms with E-state index >= 15 is 0 Å². The monoisotopic (exact) mass is 212 g/mol. The number of pyridine rings is 1. The van der Waals surface area contributed by atoms with Gasteiger partial charge in [-0.1, -0.05) is 6.07 Å². The van der Waals surface area contributed by atoms with Gasteiger partial charge in [0.25, 0.3) is 0 Å². The van der Waals surface area contributed by atoms with Gasteiger partial charge in [0.1, 0.15) is 6.33 Å². The SMILES string of the molecule is c1cnc2c(c1)CCC2Nc1cncnc1. The second-order valence-electron chi connectivity index (χ2n) is 3.91. The number of anilines is 1. The van der Waals surface area contributed by atoms with Gasteiger partial charge in [-0.05, 0) is 24.5 Å². The lowest BCUT2D eigenvalue weighted by Crippen LogP contribution is -2.08. The third kappa shape index (κ3) is 1.62. The second kappa shape index (κ2) is 3.89. The van der Waals surface area contributed by atoms with Gasteiger partial charge in [0, 0.05) is 6.20 Å². The molecule has 0 saturated heterocycles. The van der Waals surface area contributed by atoms with Crippen molar-refractivity contribution < 1.29 is 0 Å². The van der Waals surface area contributed by atoms with Gasteiger partial charge >= 0.3 is 0 Å². The highest BCUT2D eigenvalue weighted by atomic mass is 15.0. The van der Waals surface area contributed by atoms with E-state index in [9.17, 15) is 0 Å². The summed E-state index contributed by atoms with van der Waals surface area (Å²) in [4.78, 5) is 12.4. The number of nitrogens with one attached hydrogen (secondary N) is 1. The van der Waals surface area contributed by atoms with Crippen molar-refractivity contribution >= 4 is 5.69 Å². The zero-order chi connectivity index (χ0) is 10.8. The van der Waals surface area contributed by atoms with E-state index in [0.29, 0.717) is 6.04 Å². The third-order valence-electron chi connectivity index (χ3n) is 2.86. The maximum atomic E-state index is 4.43. The predicted octanol–water partition coefficient (Wildman–Crippen LogP) is 1.97. The van der Waals surface area contributed by atoms with Gasteiger partial charge in [-0.15, -0.1) is 0 Å². The molecule has 1 aliphatic rings. The lowest BCUT2D eigenvalue weighted by molar-refractivity contribution is 0.744. The fourth-order valence-corrected chi connectivity index (χ4v) is 2.13. The zero-order valence-corrected chi connectivity index (χ0v) is 8.80. The van der Waals surface area contributed by atoms with Gasteiger partial charge in [0.2, 0.25) is 0 Å². The summed E-state index contributed by atoms with van der Waals surface area (Å²) < 4.78 is 0. The molecule has 0 fully saturated rings. The first kappa shape index (κ1) is 9.27. The summed E-state index contributed by atoms with van der Waals surface area (Å²) in [5.74, 6) is 0. The van der Waals surface area contributed by atoms with Crippen LogP contribution in [0, 0.1) is 0 Å². The molecule has 0 spiro atoms. The van der Waals surface area contributed by atoms with E-state index in [-0.39, 0.29) is 0 Å². The van der Waals surface area contributed by atoms with Crippen molar-refractivity contribution in [3.63, 3.8) is 0 Å². The van der Waals surface area contributed by atoms with E-state index in [1.165, 1.54) is 11.9 Å².